The molecule has 0 spiro atoms. The second kappa shape index (κ2) is 9.43. The molecule has 0 amide bonds. The van der Waals surface area contributed by atoms with Crippen molar-refractivity contribution in [2.24, 2.45) is 0 Å². The van der Waals surface area contributed by atoms with Gasteiger partial charge < -0.3 is 6.16 Å². The molecule has 2 nitrogen and oxygen atoms in total. The first-order valence-corrected chi connectivity index (χ1v) is 8.88. The number of carbonyl (C=O) groups is 1. The van der Waals surface area contributed by atoms with Crippen molar-refractivity contribution in [1.29, 1.82) is 0 Å². The van der Waals surface area contributed by atoms with Gasteiger partial charge in [-0.1, -0.05) is 37.3 Å². The van der Waals surface area contributed by atoms with Crippen LogP contribution < -0.4 is 28.9 Å². The molecular weight excluding hydrogens is 343 g/mol. The van der Waals surface area contributed by atoms with Crippen molar-refractivity contribution in [3.63, 3.8) is 0 Å². The van der Waals surface area contributed by atoms with Crippen LogP contribution >= 0.6 is 7.92 Å². The Bertz CT molecular complexity index is 711. The van der Waals surface area contributed by atoms with Gasteiger partial charge in [-0.15, -0.1) is 0 Å². The van der Waals surface area contributed by atoms with Gasteiger partial charge in [-0.3, -0.25) is 4.79 Å². The predicted molar refractivity (Wildman–Crippen MR) is 91.5 cm³/mol. The molecule has 0 fully saturated rings. The molecule has 0 N–H and O–H groups in total. The van der Waals surface area contributed by atoms with Crippen LogP contribution in [0.3, 0.4) is 0 Å². The Kier molecular flexibility index (Phi) is 8.21. The summed E-state index contributed by atoms with van der Waals surface area (Å²) >= 11 is 0. The van der Waals surface area contributed by atoms with Crippen LogP contribution in [0.25, 0.3) is 0 Å². The number of alkyl halides is 3. The van der Waals surface area contributed by atoms with Gasteiger partial charge in [0.1, 0.15) is 13.7 Å². The Hall–Kier alpha value is -1.27. The number of aryl methyl sites for hydroxylation is 1. The molecule has 0 bridgehead atoms. The Morgan fingerprint density at radius 1 is 1.16 bits per heavy atom. The minimum absolute atomic E-state index is 0. The molecular formula is C18H19F3LiO2P. The SMILES string of the molecule is CCCOc1ccc(P(C(=O)c2ccccc2)C(F)(F)F)c(C)c1.[H-].[Li+]. The molecule has 25 heavy (non-hydrogen) atoms. The smallest absolute Gasteiger partial charge is 1.00 e. The number of benzene rings is 2. The van der Waals surface area contributed by atoms with E-state index < -0.39 is 19.4 Å². The first-order chi connectivity index (χ1) is 11.3. The number of hydrogen-bond donors (Lipinski definition) is 0. The van der Waals surface area contributed by atoms with Crippen LogP contribution in [-0.2, 0) is 0 Å². The molecule has 1 atom stereocenters. The third-order valence-corrected chi connectivity index (χ3v) is 5.51. The number of ether oxygens (including phenoxy) is 1. The maximum Gasteiger partial charge on any atom is 1.00 e. The molecule has 0 radical (unpaired) electrons. The van der Waals surface area contributed by atoms with E-state index in [4.69, 9.17) is 4.74 Å². The normalized spacial score (nSPS) is 12.2. The minimum Gasteiger partial charge on any atom is -1.00 e. The first kappa shape index (κ1) is 21.8. The molecule has 1 unspecified atom stereocenters. The van der Waals surface area contributed by atoms with Crippen molar-refractivity contribution in [2.75, 3.05) is 6.61 Å². The molecule has 0 aromatic heterocycles. The van der Waals surface area contributed by atoms with Gasteiger partial charge in [-0.2, -0.15) is 13.2 Å². The van der Waals surface area contributed by atoms with Crippen LogP contribution in [0.2, 0.25) is 0 Å². The summed E-state index contributed by atoms with van der Waals surface area (Å²) in [6.45, 7) is 4.02. The number of halogens is 3. The molecule has 0 aliphatic rings. The molecule has 0 heterocycles. The molecule has 2 aromatic rings. The van der Waals surface area contributed by atoms with Gasteiger partial charge >= 0.3 is 24.8 Å². The summed E-state index contributed by atoms with van der Waals surface area (Å²) in [5.41, 5.74) is -0.397. The van der Waals surface area contributed by atoms with E-state index in [1.54, 1.807) is 31.2 Å². The largest absolute Gasteiger partial charge is 1.00 e. The summed E-state index contributed by atoms with van der Waals surface area (Å²) in [6.07, 6.45) is 0.808. The Morgan fingerprint density at radius 3 is 2.32 bits per heavy atom. The molecule has 0 aliphatic carbocycles. The average Bonchev–Trinajstić information content (AvgIpc) is 2.54. The topological polar surface area (TPSA) is 26.3 Å². The number of rotatable bonds is 6. The van der Waals surface area contributed by atoms with E-state index in [1.807, 2.05) is 6.92 Å². The van der Waals surface area contributed by atoms with Gasteiger partial charge in [0, 0.05) is 5.56 Å². The fourth-order valence-electron chi connectivity index (χ4n) is 2.26. The fraction of sp³-hybridized carbons (Fsp3) is 0.278. The number of hydrogen-bond acceptors (Lipinski definition) is 2. The Morgan fingerprint density at radius 2 is 1.80 bits per heavy atom. The third kappa shape index (κ3) is 5.61. The molecule has 2 aromatic carbocycles. The van der Waals surface area contributed by atoms with Crippen LogP contribution in [0.4, 0.5) is 13.2 Å². The van der Waals surface area contributed by atoms with Gasteiger partial charge in [0.25, 0.3) is 0 Å². The second-order valence-corrected chi connectivity index (χ2v) is 7.34. The van der Waals surface area contributed by atoms with E-state index in [0.717, 1.165) is 6.42 Å². The van der Waals surface area contributed by atoms with E-state index in [0.29, 0.717) is 17.9 Å². The average molecular weight is 362 g/mol. The summed E-state index contributed by atoms with van der Waals surface area (Å²) in [7, 11) is -2.97. The first-order valence-electron chi connectivity index (χ1n) is 7.54. The van der Waals surface area contributed by atoms with E-state index >= 15 is 0 Å². The van der Waals surface area contributed by atoms with Crippen molar-refractivity contribution < 1.29 is 43.0 Å². The summed E-state index contributed by atoms with van der Waals surface area (Å²) in [6, 6.07) is 12.0. The molecule has 2 rings (SSSR count). The standard InChI is InChI=1S/C18H18F3O2P.Li.H/c1-3-11-23-15-9-10-16(13(2)12-15)24(18(19,20)21)17(22)14-7-5-4-6-8-14;;/h4-10,12H,3,11H2,1-2H3;;/q;+1;-1. The minimum atomic E-state index is -4.60. The maximum absolute atomic E-state index is 13.6. The van der Waals surface area contributed by atoms with Gasteiger partial charge in [0.05, 0.1) is 6.61 Å². The molecule has 130 valence electrons. The molecule has 7 heteroatoms. The van der Waals surface area contributed by atoms with Crippen LogP contribution in [0, 0.1) is 6.92 Å². The Labute approximate surface area is 160 Å². The van der Waals surface area contributed by atoms with Gasteiger partial charge in [-0.05, 0) is 42.4 Å². The molecule has 0 saturated carbocycles. The fourth-order valence-corrected chi connectivity index (χ4v) is 4.03. The maximum atomic E-state index is 13.6. The molecule has 0 aliphatic heterocycles. The quantitative estimate of drug-likeness (QED) is 0.583. The van der Waals surface area contributed by atoms with Gasteiger partial charge in [0.2, 0.25) is 0 Å². The molecule has 0 saturated heterocycles. The van der Waals surface area contributed by atoms with E-state index in [1.165, 1.54) is 24.3 Å². The zero-order valence-corrected chi connectivity index (χ0v) is 15.3. The Balaban J connectivity index is 0.00000312. The zero-order chi connectivity index (χ0) is 17.7. The van der Waals surface area contributed by atoms with Crippen molar-refractivity contribution in [1.82, 2.24) is 0 Å². The van der Waals surface area contributed by atoms with E-state index in [9.17, 15) is 18.0 Å². The van der Waals surface area contributed by atoms with Crippen LogP contribution in [-0.4, -0.2) is 18.0 Å². The summed E-state index contributed by atoms with van der Waals surface area (Å²) in [4.78, 5) is 12.5. The van der Waals surface area contributed by atoms with Gasteiger partial charge in [-0.25, -0.2) is 0 Å². The number of carbonyl (C=O) groups excluding carboxylic acids is 1. The second-order valence-electron chi connectivity index (χ2n) is 5.27. The van der Waals surface area contributed by atoms with Crippen LogP contribution in [0.5, 0.6) is 5.75 Å². The third-order valence-electron chi connectivity index (χ3n) is 3.36. The summed E-state index contributed by atoms with van der Waals surface area (Å²) in [5, 5.41) is 0.0233. The predicted octanol–water partition coefficient (Wildman–Crippen LogP) is 2.37. The van der Waals surface area contributed by atoms with Crippen molar-refractivity contribution in [2.45, 2.75) is 26.2 Å². The van der Waals surface area contributed by atoms with Crippen molar-refractivity contribution in [3.8, 4) is 5.75 Å². The van der Waals surface area contributed by atoms with Crippen molar-refractivity contribution in [3.05, 3.63) is 59.7 Å². The van der Waals surface area contributed by atoms with E-state index in [2.05, 4.69) is 0 Å². The summed E-state index contributed by atoms with van der Waals surface area (Å²) in [5.74, 6) is -4.08. The van der Waals surface area contributed by atoms with E-state index in [-0.39, 0.29) is 31.2 Å². The van der Waals surface area contributed by atoms with Gasteiger partial charge in [0.15, 0.2) is 5.52 Å². The van der Waals surface area contributed by atoms with Crippen LogP contribution in [0.1, 0.15) is 30.7 Å². The van der Waals surface area contributed by atoms with Crippen LogP contribution in [0.15, 0.2) is 48.5 Å². The van der Waals surface area contributed by atoms with Crippen molar-refractivity contribution >= 4 is 18.8 Å². The monoisotopic (exact) mass is 362 g/mol. The zero-order valence-electron chi connectivity index (χ0n) is 15.4. The summed E-state index contributed by atoms with van der Waals surface area (Å²) < 4.78 is 46.2.